The highest BCUT2D eigenvalue weighted by Crippen LogP contribution is 2.33. The molecule has 0 rings (SSSR count). The molecule has 0 spiro atoms. The van der Waals surface area contributed by atoms with Crippen molar-refractivity contribution < 1.29 is 12.3 Å². The molecule has 0 unspecified atom stereocenters. The highest BCUT2D eigenvalue weighted by molar-refractivity contribution is 6.76. The summed E-state index contributed by atoms with van der Waals surface area (Å²) in [4.78, 5) is 0. The third kappa shape index (κ3) is 6.73. The van der Waals surface area contributed by atoms with Crippen LogP contribution < -0.4 is 0 Å². The van der Waals surface area contributed by atoms with Crippen molar-refractivity contribution in [1.82, 2.24) is 0 Å². The predicted octanol–water partition coefficient (Wildman–Crippen LogP) is 5.51. The van der Waals surface area contributed by atoms with Gasteiger partial charge in [-0.05, 0) is 30.2 Å². The molecule has 0 amide bonds. The molecule has 0 aliphatic carbocycles. The highest BCUT2D eigenvalue weighted by atomic mass is 28.4. The fraction of sp³-hybridized carbons (Fsp3) is 1.00. The molecule has 0 aromatic rings. The zero-order chi connectivity index (χ0) is 12.7. The third-order valence-electron chi connectivity index (χ3n) is 2.95. The van der Waals surface area contributed by atoms with Gasteiger partial charge < -0.3 is 4.11 Å². The Morgan fingerprint density at radius 1 is 0.625 bits per heavy atom. The fourth-order valence-corrected chi connectivity index (χ4v) is 8.95. The van der Waals surface area contributed by atoms with Gasteiger partial charge in [-0.1, -0.05) is 40.0 Å². The second-order valence-corrected chi connectivity index (χ2v) is 11.3. The lowest BCUT2D eigenvalue weighted by atomic mass is 10.6. The maximum Gasteiger partial charge on any atom is 0.424 e. The summed E-state index contributed by atoms with van der Waals surface area (Å²) in [6.45, 7) is 5.66. The Morgan fingerprint density at radius 2 is 1.06 bits per heavy atom. The summed E-state index contributed by atoms with van der Waals surface area (Å²) >= 11 is 0. The summed E-state index contributed by atoms with van der Waals surface area (Å²) in [6, 6.07) is 1.27. The van der Waals surface area contributed by atoms with Crippen molar-refractivity contribution in [3.63, 3.8) is 0 Å². The van der Waals surface area contributed by atoms with E-state index in [2.05, 4.69) is 0 Å². The summed E-state index contributed by atoms with van der Waals surface area (Å²) in [6.07, 6.45) is 2.12. The topological polar surface area (TPSA) is 0 Å². The first kappa shape index (κ1) is 16.2. The Kier molecular flexibility index (Phi) is 7.64. The molecule has 0 aliphatic heterocycles. The second-order valence-electron chi connectivity index (χ2n) is 4.76. The first-order valence-corrected chi connectivity index (χ1v) is 11.1. The SMILES string of the molecule is CCC[Si](F)(F)CC[Si](F)(CCC)CCC. The van der Waals surface area contributed by atoms with Crippen molar-refractivity contribution in [2.24, 2.45) is 0 Å². The molecule has 0 nitrogen and oxygen atoms in total. The standard InChI is InChI=1S/C11H25F3Si2/c1-4-7-15(12,8-5-2)10-11-16(13,14)9-6-3/h4-11H2,1-3H3. The molecular weight excluding hydrogens is 245 g/mol. The van der Waals surface area contributed by atoms with Gasteiger partial charge in [-0.2, -0.15) is 0 Å². The second kappa shape index (κ2) is 7.53. The fourth-order valence-electron chi connectivity index (χ4n) is 2.17. The summed E-state index contributed by atoms with van der Waals surface area (Å²) in [7, 11) is -6.91. The van der Waals surface area contributed by atoms with E-state index in [1.165, 1.54) is 0 Å². The van der Waals surface area contributed by atoms with Gasteiger partial charge in [0.25, 0.3) is 0 Å². The van der Waals surface area contributed by atoms with Gasteiger partial charge >= 0.3 is 8.74 Å². The van der Waals surface area contributed by atoms with E-state index in [4.69, 9.17) is 0 Å². The number of rotatable bonds is 9. The predicted molar refractivity (Wildman–Crippen MR) is 69.7 cm³/mol. The zero-order valence-corrected chi connectivity index (χ0v) is 12.8. The number of hydrogen-bond donors (Lipinski definition) is 0. The van der Waals surface area contributed by atoms with Crippen molar-refractivity contribution >= 4 is 17.1 Å². The van der Waals surface area contributed by atoms with E-state index < -0.39 is 17.1 Å². The molecule has 0 saturated heterocycles. The Hall–Kier alpha value is 0.224. The van der Waals surface area contributed by atoms with Crippen molar-refractivity contribution in [3.05, 3.63) is 0 Å². The molecule has 16 heavy (non-hydrogen) atoms. The summed E-state index contributed by atoms with van der Waals surface area (Å²) < 4.78 is 41.2. The minimum Gasteiger partial charge on any atom is -0.314 e. The minimum absolute atomic E-state index is 0.0374. The molecule has 5 heteroatoms. The number of halogens is 3. The molecule has 0 atom stereocenters. The van der Waals surface area contributed by atoms with Gasteiger partial charge in [-0.25, -0.2) is 0 Å². The largest absolute Gasteiger partial charge is 0.424 e. The van der Waals surface area contributed by atoms with Gasteiger partial charge in [-0.15, -0.1) is 0 Å². The van der Waals surface area contributed by atoms with Gasteiger partial charge in [-0.3, -0.25) is 8.22 Å². The van der Waals surface area contributed by atoms with Crippen LogP contribution in [-0.4, -0.2) is 17.1 Å². The minimum atomic E-state index is -4.08. The van der Waals surface area contributed by atoms with E-state index in [9.17, 15) is 12.3 Å². The molecule has 0 bridgehead atoms. The van der Waals surface area contributed by atoms with Gasteiger partial charge in [0.15, 0.2) is 0 Å². The molecular formula is C11H25F3Si2. The lowest BCUT2D eigenvalue weighted by Gasteiger charge is -2.23. The smallest absolute Gasteiger partial charge is 0.314 e. The van der Waals surface area contributed by atoms with Crippen LogP contribution in [-0.2, 0) is 0 Å². The van der Waals surface area contributed by atoms with Crippen LogP contribution >= 0.6 is 0 Å². The van der Waals surface area contributed by atoms with Gasteiger partial charge in [0, 0.05) is 0 Å². The first-order valence-electron chi connectivity index (χ1n) is 6.46. The van der Waals surface area contributed by atoms with E-state index in [1.807, 2.05) is 13.8 Å². The van der Waals surface area contributed by atoms with Crippen LogP contribution in [0, 0.1) is 0 Å². The van der Waals surface area contributed by atoms with Crippen molar-refractivity contribution in [2.75, 3.05) is 0 Å². The average Bonchev–Trinajstić information content (AvgIpc) is 2.16. The molecule has 0 aliphatic rings. The lowest BCUT2D eigenvalue weighted by molar-refractivity contribution is 0.581. The monoisotopic (exact) mass is 270 g/mol. The van der Waals surface area contributed by atoms with E-state index in [1.54, 1.807) is 6.92 Å². The molecule has 0 saturated carbocycles. The van der Waals surface area contributed by atoms with Crippen molar-refractivity contribution in [2.45, 2.75) is 70.3 Å². The average molecular weight is 270 g/mol. The van der Waals surface area contributed by atoms with Crippen molar-refractivity contribution in [3.8, 4) is 0 Å². The molecule has 0 radical (unpaired) electrons. The van der Waals surface area contributed by atoms with Gasteiger partial charge in [0.1, 0.15) is 0 Å². The molecule has 0 heterocycles. The maximum atomic E-state index is 14.4. The molecule has 98 valence electrons. The van der Waals surface area contributed by atoms with Crippen LogP contribution in [0.2, 0.25) is 30.2 Å². The quantitative estimate of drug-likeness (QED) is 0.382. The van der Waals surface area contributed by atoms with E-state index >= 15 is 0 Å². The Morgan fingerprint density at radius 3 is 1.44 bits per heavy atom. The molecule has 0 N–H and O–H groups in total. The maximum absolute atomic E-state index is 14.4. The summed E-state index contributed by atoms with van der Waals surface area (Å²) in [5.41, 5.74) is 0. The van der Waals surface area contributed by atoms with E-state index in [0.29, 0.717) is 18.5 Å². The highest BCUT2D eigenvalue weighted by Gasteiger charge is 2.40. The third-order valence-corrected chi connectivity index (χ3v) is 9.60. The van der Waals surface area contributed by atoms with Crippen LogP contribution in [0.3, 0.4) is 0 Å². The first-order chi connectivity index (χ1) is 7.39. The zero-order valence-electron chi connectivity index (χ0n) is 10.8. The normalized spacial score (nSPS) is 13.1. The summed E-state index contributed by atoms with van der Waals surface area (Å²) in [5.74, 6) is 0. The van der Waals surface area contributed by atoms with Crippen LogP contribution in [0.15, 0.2) is 0 Å². The van der Waals surface area contributed by atoms with E-state index in [-0.39, 0.29) is 18.1 Å². The Bertz CT molecular complexity index is 180. The Balaban J connectivity index is 4.19. The molecule has 0 fully saturated rings. The van der Waals surface area contributed by atoms with Gasteiger partial charge in [0.2, 0.25) is 8.41 Å². The van der Waals surface area contributed by atoms with Crippen LogP contribution in [0.1, 0.15) is 40.0 Å². The van der Waals surface area contributed by atoms with Gasteiger partial charge in [0.05, 0.1) is 0 Å². The summed E-state index contributed by atoms with van der Waals surface area (Å²) in [5, 5.41) is 0. The number of hydrogen-bond acceptors (Lipinski definition) is 0. The van der Waals surface area contributed by atoms with Crippen LogP contribution in [0.4, 0.5) is 12.3 Å². The molecule has 0 aromatic carbocycles. The lowest BCUT2D eigenvalue weighted by Crippen LogP contribution is -2.32. The Labute approximate surface area is 100 Å². The van der Waals surface area contributed by atoms with E-state index in [0.717, 1.165) is 12.8 Å². The molecule has 0 aromatic heterocycles. The van der Waals surface area contributed by atoms with Crippen LogP contribution in [0.25, 0.3) is 0 Å². The van der Waals surface area contributed by atoms with Crippen LogP contribution in [0.5, 0.6) is 0 Å². The van der Waals surface area contributed by atoms with Crippen molar-refractivity contribution in [1.29, 1.82) is 0 Å².